The lowest BCUT2D eigenvalue weighted by atomic mass is 10.2. The van der Waals surface area contributed by atoms with Crippen molar-refractivity contribution in [2.24, 2.45) is 0 Å². The minimum absolute atomic E-state index is 0.140. The highest BCUT2D eigenvalue weighted by atomic mass is 32.1. The van der Waals surface area contributed by atoms with Gasteiger partial charge in [0.05, 0.1) is 16.6 Å². The van der Waals surface area contributed by atoms with Gasteiger partial charge in [-0.05, 0) is 36.8 Å². The molecule has 5 rings (SSSR count). The minimum Gasteiger partial charge on any atom is -0.336 e. The van der Waals surface area contributed by atoms with Crippen molar-refractivity contribution >= 4 is 27.3 Å². The minimum atomic E-state index is 0.140. The van der Waals surface area contributed by atoms with Crippen molar-refractivity contribution in [2.75, 3.05) is 13.1 Å². The zero-order valence-electron chi connectivity index (χ0n) is 13.3. The first-order valence-electron chi connectivity index (χ1n) is 8.47. The summed E-state index contributed by atoms with van der Waals surface area (Å²) >= 11 is 1.58. The van der Waals surface area contributed by atoms with Crippen molar-refractivity contribution in [1.82, 2.24) is 19.9 Å². The third-order valence-corrected chi connectivity index (χ3v) is 6.09. The Morgan fingerprint density at radius 2 is 2.08 bits per heavy atom. The summed E-state index contributed by atoms with van der Waals surface area (Å²) < 4.78 is 3.13. The van der Waals surface area contributed by atoms with Gasteiger partial charge in [0, 0.05) is 29.9 Å². The van der Waals surface area contributed by atoms with E-state index in [-0.39, 0.29) is 11.9 Å². The molecular weight excluding hydrogens is 320 g/mol. The maximum absolute atomic E-state index is 12.8. The van der Waals surface area contributed by atoms with E-state index in [1.54, 1.807) is 11.3 Å². The van der Waals surface area contributed by atoms with Crippen molar-refractivity contribution in [2.45, 2.75) is 31.2 Å². The van der Waals surface area contributed by atoms with Gasteiger partial charge < -0.3 is 4.90 Å². The summed E-state index contributed by atoms with van der Waals surface area (Å²) in [5.74, 6) is 0.762. The number of hydrogen-bond donors (Lipinski definition) is 0. The second-order valence-electron chi connectivity index (χ2n) is 6.74. The number of likely N-dealkylation sites (tertiary alicyclic amines) is 1. The lowest BCUT2D eigenvalue weighted by molar-refractivity contribution is 0.0792. The van der Waals surface area contributed by atoms with Gasteiger partial charge >= 0.3 is 0 Å². The van der Waals surface area contributed by atoms with E-state index in [0.29, 0.717) is 5.92 Å². The van der Waals surface area contributed by atoms with Crippen LogP contribution in [-0.2, 0) is 0 Å². The Morgan fingerprint density at radius 1 is 1.21 bits per heavy atom. The molecule has 0 N–H and O–H groups in total. The van der Waals surface area contributed by atoms with Crippen LogP contribution in [0.2, 0.25) is 0 Å². The lowest BCUT2D eigenvalue weighted by Crippen LogP contribution is -2.28. The number of fused-ring (bicyclic) bond motifs is 1. The molecular formula is C18H18N4OS. The molecule has 1 saturated heterocycles. The quantitative estimate of drug-likeness (QED) is 0.735. The Labute approximate surface area is 143 Å². The van der Waals surface area contributed by atoms with E-state index < -0.39 is 0 Å². The average molecular weight is 338 g/mol. The molecule has 1 unspecified atom stereocenters. The van der Waals surface area contributed by atoms with Gasteiger partial charge in [-0.1, -0.05) is 23.4 Å². The number of nitrogens with zero attached hydrogens (tertiary/aromatic N) is 4. The van der Waals surface area contributed by atoms with Gasteiger partial charge in [-0.2, -0.15) is 0 Å². The smallest absolute Gasteiger partial charge is 0.264 e. The maximum atomic E-state index is 12.8. The number of hydrogen-bond acceptors (Lipinski definition) is 4. The van der Waals surface area contributed by atoms with Crippen LogP contribution in [0.25, 0.3) is 10.1 Å². The van der Waals surface area contributed by atoms with Crippen LogP contribution in [-0.4, -0.2) is 38.9 Å². The summed E-state index contributed by atoms with van der Waals surface area (Å²) in [6.45, 7) is 1.51. The monoisotopic (exact) mass is 338 g/mol. The van der Waals surface area contributed by atoms with Crippen molar-refractivity contribution in [3.63, 3.8) is 0 Å². The highest BCUT2D eigenvalue weighted by Crippen LogP contribution is 2.39. The maximum Gasteiger partial charge on any atom is 0.264 e. The van der Waals surface area contributed by atoms with Crippen LogP contribution in [0.5, 0.6) is 0 Å². The molecule has 1 atom stereocenters. The predicted octanol–water partition coefficient (Wildman–Crippen LogP) is 3.46. The second-order valence-corrected chi connectivity index (χ2v) is 7.82. The standard InChI is InChI=1S/C18H18N4OS/c23-18(17-9-13-3-1-2-4-16(13)24-17)21-8-7-14(10-21)22-11-15(19-20-22)12-5-6-12/h1-4,9,11-12,14H,5-8,10H2. The first-order valence-corrected chi connectivity index (χ1v) is 9.29. The molecule has 0 bridgehead atoms. The van der Waals surface area contributed by atoms with Crippen LogP contribution in [0, 0.1) is 0 Å². The van der Waals surface area contributed by atoms with Crippen LogP contribution in [0.15, 0.2) is 36.5 Å². The fourth-order valence-electron chi connectivity index (χ4n) is 3.42. The second kappa shape index (κ2) is 5.41. The molecule has 24 heavy (non-hydrogen) atoms. The van der Waals surface area contributed by atoms with E-state index in [9.17, 15) is 4.79 Å². The molecule has 0 radical (unpaired) electrons. The first kappa shape index (κ1) is 14.2. The topological polar surface area (TPSA) is 51.0 Å². The number of aromatic nitrogens is 3. The number of thiophene rings is 1. The van der Waals surface area contributed by atoms with Gasteiger partial charge in [0.25, 0.3) is 5.91 Å². The van der Waals surface area contributed by atoms with Crippen molar-refractivity contribution < 1.29 is 4.79 Å². The third kappa shape index (κ3) is 2.41. The van der Waals surface area contributed by atoms with Crippen LogP contribution < -0.4 is 0 Å². The molecule has 3 aromatic rings. The van der Waals surface area contributed by atoms with Crippen molar-refractivity contribution in [1.29, 1.82) is 0 Å². The van der Waals surface area contributed by atoms with Gasteiger partial charge in [0.15, 0.2) is 0 Å². The van der Waals surface area contributed by atoms with E-state index in [1.807, 2.05) is 27.8 Å². The summed E-state index contributed by atoms with van der Waals surface area (Å²) in [6.07, 6.45) is 5.50. The molecule has 1 aliphatic carbocycles. The van der Waals surface area contributed by atoms with E-state index in [0.717, 1.165) is 35.5 Å². The lowest BCUT2D eigenvalue weighted by Gasteiger charge is -2.15. The third-order valence-electron chi connectivity index (χ3n) is 4.98. The number of carbonyl (C=O) groups excluding carboxylic acids is 1. The molecule has 1 aromatic carbocycles. The molecule has 1 saturated carbocycles. The molecule has 3 heterocycles. The predicted molar refractivity (Wildman–Crippen MR) is 93.4 cm³/mol. The summed E-state index contributed by atoms with van der Waals surface area (Å²) in [7, 11) is 0. The van der Waals surface area contributed by atoms with Gasteiger partial charge in [0.2, 0.25) is 0 Å². The zero-order valence-corrected chi connectivity index (χ0v) is 14.1. The average Bonchev–Trinajstić information content (AvgIpc) is 3.07. The van der Waals surface area contributed by atoms with E-state index in [2.05, 4.69) is 28.6 Å². The van der Waals surface area contributed by atoms with E-state index in [1.165, 1.54) is 17.5 Å². The molecule has 5 nitrogen and oxygen atoms in total. The summed E-state index contributed by atoms with van der Waals surface area (Å²) in [5, 5.41) is 9.73. The molecule has 6 heteroatoms. The fourth-order valence-corrected chi connectivity index (χ4v) is 4.45. The molecule has 1 amide bonds. The van der Waals surface area contributed by atoms with E-state index >= 15 is 0 Å². The van der Waals surface area contributed by atoms with Gasteiger partial charge in [-0.25, -0.2) is 4.68 Å². The number of amides is 1. The van der Waals surface area contributed by atoms with Gasteiger partial charge in [-0.15, -0.1) is 16.4 Å². The SMILES string of the molecule is O=C(c1cc2ccccc2s1)N1CCC(n2cc(C3CC3)nn2)C1. The molecule has 1 aliphatic heterocycles. The van der Waals surface area contributed by atoms with Crippen molar-refractivity contribution in [3.8, 4) is 0 Å². The normalized spacial score (nSPS) is 20.8. The van der Waals surface area contributed by atoms with Crippen LogP contribution in [0.1, 0.15) is 46.6 Å². The number of carbonyl (C=O) groups is 1. The fraction of sp³-hybridized carbons (Fsp3) is 0.389. The Hall–Kier alpha value is -2.21. The molecule has 2 fully saturated rings. The highest BCUT2D eigenvalue weighted by Gasteiger charge is 2.31. The first-order chi connectivity index (χ1) is 11.8. The van der Waals surface area contributed by atoms with Gasteiger partial charge in [0.1, 0.15) is 0 Å². The Morgan fingerprint density at radius 3 is 2.92 bits per heavy atom. The highest BCUT2D eigenvalue weighted by molar-refractivity contribution is 7.20. The molecule has 0 spiro atoms. The largest absolute Gasteiger partial charge is 0.336 e. The zero-order chi connectivity index (χ0) is 16.1. The van der Waals surface area contributed by atoms with Crippen LogP contribution in [0.4, 0.5) is 0 Å². The molecule has 2 aliphatic rings. The number of benzene rings is 1. The van der Waals surface area contributed by atoms with Crippen molar-refractivity contribution in [3.05, 3.63) is 47.1 Å². The van der Waals surface area contributed by atoms with E-state index in [4.69, 9.17) is 0 Å². The summed E-state index contributed by atoms with van der Waals surface area (Å²) in [5.41, 5.74) is 1.12. The number of rotatable bonds is 3. The Kier molecular flexibility index (Phi) is 3.19. The molecule has 2 aromatic heterocycles. The van der Waals surface area contributed by atoms with Gasteiger partial charge in [-0.3, -0.25) is 4.79 Å². The molecule has 122 valence electrons. The summed E-state index contributed by atoms with van der Waals surface area (Å²) in [4.78, 5) is 15.6. The Bertz CT molecular complexity index is 878. The Balaban J connectivity index is 1.33. The summed E-state index contributed by atoms with van der Waals surface area (Å²) in [6, 6.07) is 10.4. The van der Waals surface area contributed by atoms with Crippen LogP contribution >= 0.6 is 11.3 Å². The van der Waals surface area contributed by atoms with Crippen LogP contribution in [0.3, 0.4) is 0 Å².